The number of amides is 1. The molecule has 0 saturated carbocycles. The van der Waals surface area contributed by atoms with E-state index in [4.69, 9.17) is 17.0 Å². The summed E-state index contributed by atoms with van der Waals surface area (Å²) in [4.78, 5) is 12.5. The van der Waals surface area contributed by atoms with Gasteiger partial charge in [0.2, 0.25) is 5.91 Å². The van der Waals surface area contributed by atoms with E-state index in [2.05, 4.69) is 36.6 Å². The SMILES string of the molecule is CC(C)Cc1ccc(C(C)C(=O)NC(=S)NCc2ccc(OC(C)C)cc2)cc1. The lowest BCUT2D eigenvalue weighted by atomic mass is 9.96. The van der Waals surface area contributed by atoms with Gasteiger partial charge in [0.25, 0.3) is 0 Å². The van der Waals surface area contributed by atoms with Crippen molar-refractivity contribution in [3.63, 3.8) is 0 Å². The van der Waals surface area contributed by atoms with Crippen LogP contribution < -0.4 is 15.4 Å². The standard InChI is InChI=1S/C24H32N2O2S/c1-16(2)14-19-6-10-21(11-7-19)18(5)23(27)26-24(29)25-15-20-8-12-22(13-9-20)28-17(3)4/h6-13,16-18H,14-15H2,1-5H3,(H2,25,26,27,29). The van der Waals surface area contributed by atoms with Gasteiger partial charge in [-0.15, -0.1) is 0 Å². The molecule has 0 aromatic heterocycles. The highest BCUT2D eigenvalue weighted by Crippen LogP contribution is 2.18. The van der Waals surface area contributed by atoms with Gasteiger partial charge in [-0.2, -0.15) is 0 Å². The van der Waals surface area contributed by atoms with Crippen LogP contribution in [0, 0.1) is 5.92 Å². The number of benzene rings is 2. The van der Waals surface area contributed by atoms with E-state index in [9.17, 15) is 4.79 Å². The van der Waals surface area contributed by atoms with E-state index in [0.29, 0.717) is 17.6 Å². The maximum atomic E-state index is 12.5. The highest BCUT2D eigenvalue weighted by molar-refractivity contribution is 7.80. The number of ether oxygens (including phenoxy) is 1. The van der Waals surface area contributed by atoms with Gasteiger partial charge in [0.05, 0.1) is 12.0 Å². The van der Waals surface area contributed by atoms with Crippen molar-refractivity contribution in [1.29, 1.82) is 0 Å². The van der Waals surface area contributed by atoms with E-state index in [0.717, 1.165) is 23.3 Å². The first-order valence-corrected chi connectivity index (χ1v) is 10.6. The lowest BCUT2D eigenvalue weighted by molar-refractivity contribution is -0.120. The zero-order chi connectivity index (χ0) is 21.4. The summed E-state index contributed by atoms with van der Waals surface area (Å²) in [6.07, 6.45) is 1.19. The molecule has 0 radical (unpaired) electrons. The van der Waals surface area contributed by atoms with Crippen LogP contribution in [0.3, 0.4) is 0 Å². The Hall–Kier alpha value is -2.40. The van der Waals surface area contributed by atoms with Crippen LogP contribution in [0.5, 0.6) is 5.75 Å². The normalized spacial score (nSPS) is 12.0. The van der Waals surface area contributed by atoms with E-state index in [1.54, 1.807) is 0 Å². The molecule has 2 aromatic carbocycles. The summed E-state index contributed by atoms with van der Waals surface area (Å²) in [7, 11) is 0. The fourth-order valence-electron chi connectivity index (χ4n) is 2.97. The van der Waals surface area contributed by atoms with E-state index in [-0.39, 0.29) is 17.9 Å². The number of nitrogens with one attached hydrogen (secondary N) is 2. The van der Waals surface area contributed by atoms with Crippen LogP contribution in [0.4, 0.5) is 0 Å². The van der Waals surface area contributed by atoms with Crippen molar-refractivity contribution in [2.75, 3.05) is 0 Å². The minimum absolute atomic E-state index is 0.111. The smallest absolute Gasteiger partial charge is 0.233 e. The van der Waals surface area contributed by atoms with E-state index < -0.39 is 0 Å². The molecule has 0 aliphatic carbocycles. The molecule has 1 amide bonds. The Morgan fingerprint density at radius 1 is 0.931 bits per heavy atom. The van der Waals surface area contributed by atoms with Gasteiger partial charge in [0.1, 0.15) is 5.75 Å². The maximum Gasteiger partial charge on any atom is 0.233 e. The van der Waals surface area contributed by atoms with Gasteiger partial charge < -0.3 is 15.4 Å². The lowest BCUT2D eigenvalue weighted by Gasteiger charge is -2.15. The van der Waals surface area contributed by atoms with Gasteiger partial charge in [-0.25, -0.2) is 0 Å². The summed E-state index contributed by atoms with van der Waals surface area (Å²) in [5, 5.41) is 6.21. The second kappa shape index (κ2) is 11.0. The Morgan fingerprint density at radius 2 is 1.52 bits per heavy atom. The van der Waals surface area contributed by atoms with Crippen LogP contribution in [0.25, 0.3) is 0 Å². The molecular weight excluding hydrogens is 380 g/mol. The zero-order valence-corrected chi connectivity index (χ0v) is 18.8. The molecule has 2 N–H and O–H groups in total. The summed E-state index contributed by atoms with van der Waals surface area (Å²) >= 11 is 5.28. The molecule has 1 atom stereocenters. The molecule has 1 unspecified atom stereocenters. The van der Waals surface area contributed by atoms with Crippen molar-refractivity contribution in [1.82, 2.24) is 10.6 Å². The molecule has 0 saturated heterocycles. The lowest BCUT2D eigenvalue weighted by Crippen LogP contribution is -2.40. The quantitative estimate of drug-likeness (QED) is 0.601. The van der Waals surface area contributed by atoms with Crippen molar-refractivity contribution >= 4 is 23.2 Å². The summed E-state index contributed by atoms with van der Waals surface area (Å²) in [6.45, 7) is 10.8. The molecule has 0 aliphatic heterocycles. The molecule has 0 bridgehead atoms. The number of carbonyl (C=O) groups is 1. The largest absolute Gasteiger partial charge is 0.491 e. The van der Waals surface area contributed by atoms with Crippen LogP contribution >= 0.6 is 12.2 Å². The third-order valence-corrected chi connectivity index (χ3v) is 4.75. The van der Waals surface area contributed by atoms with Crippen molar-refractivity contribution < 1.29 is 9.53 Å². The molecule has 2 aromatic rings. The van der Waals surface area contributed by atoms with Crippen molar-refractivity contribution in [3.05, 3.63) is 65.2 Å². The maximum absolute atomic E-state index is 12.5. The minimum Gasteiger partial charge on any atom is -0.491 e. The molecule has 0 spiro atoms. The van der Waals surface area contributed by atoms with Gasteiger partial charge in [-0.1, -0.05) is 50.2 Å². The Balaban J connectivity index is 1.82. The predicted molar refractivity (Wildman–Crippen MR) is 123 cm³/mol. The fraction of sp³-hybridized carbons (Fsp3) is 0.417. The minimum atomic E-state index is -0.268. The molecule has 2 rings (SSSR count). The monoisotopic (exact) mass is 412 g/mol. The average Bonchev–Trinajstić information content (AvgIpc) is 2.66. The Morgan fingerprint density at radius 3 is 2.07 bits per heavy atom. The topological polar surface area (TPSA) is 50.4 Å². The third kappa shape index (κ3) is 7.86. The first kappa shape index (κ1) is 22.9. The zero-order valence-electron chi connectivity index (χ0n) is 18.0. The highest BCUT2D eigenvalue weighted by Gasteiger charge is 2.16. The van der Waals surface area contributed by atoms with Crippen LogP contribution in [0.15, 0.2) is 48.5 Å². The van der Waals surface area contributed by atoms with Gasteiger partial charge in [-0.05, 0) is 74.2 Å². The number of hydrogen-bond acceptors (Lipinski definition) is 3. The number of carbonyl (C=O) groups excluding carboxylic acids is 1. The number of rotatable bonds is 8. The van der Waals surface area contributed by atoms with E-state index in [1.165, 1.54) is 5.56 Å². The van der Waals surface area contributed by atoms with Gasteiger partial charge in [-0.3, -0.25) is 4.79 Å². The Labute approximate surface area is 180 Å². The average molecular weight is 413 g/mol. The van der Waals surface area contributed by atoms with Crippen molar-refractivity contribution in [2.45, 2.75) is 59.6 Å². The van der Waals surface area contributed by atoms with Gasteiger partial charge in [0, 0.05) is 6.54 Å². The summed E-state index contributed by atoms with van der Waals surface area (Å²) < 4.78 is 5.64. The van der Waals surface area contributed by atoms with Crippen LogP contribution in [-0.4, -0.2) is 17.1 Å². The summed E-state index contributed by atoms with van der Waals surface area (Å²) in [6, 6.07) is 16.1. The molecule has 4 nitrogen and oxygen atoms in total. The molecule has 156 valence electrons. The van der Waals surface area contributed by atoms with Crippen LogP contribution in [0.1, 0.15) is 57.2 Å². The van der Waals surface area contributed by atoms with E-state index in [1.807, 2.05) is 57.2 Å². The fourth-order valence-corrected chi connectivity index (χ4v) is 3.14. The van der Waals surface area contributed by atoms with Crippen LogP contribution in [0.2, 0.25) is 0 Å². The predicted octanol–water partition coefficient (Wildman–Crippen LogP) is 4.97. The van der Waals surface area contributed by atoms with Crippen LogP contribution in [-0.2, 0) is 17.8 Å². The van der Waals surface area contributed by atoms with Crippen molar-refractivity contribution in [3.8, 4) is 5.75 Å². The first-order valence-electron chi connectivity index (χ1n) is 10.2. The Bertz CT molecular complexity index is 799. The molecule has 0 heterocycles. The number of thiocarbonyl (C=S) groups is 1. The summed E-state index contributed by atoms with van der Waals surface area (Å²) in [5.41, 5.74) is 3.34. The molecule has 0 fully saturated rings. The molecule has 29 heavy (non-hydrogen) atoms. The highest BCUT2D eigenvalue weighted by atomic mass is 32.1. The van der Waals surface area contributed by atoms with E-state index >= 15 is 0 Å². The second-order valence-corrected chi connectivity index (χ2v) is 8.45. The molecule has 0 aliphatic rings. The third-order valence-electron chi connectivity index (χ3n) is 4.50. The second-order valence-electron chi connectivity index (χ2n) is 8.04. The molecule has 5 heteroatoms. The van der Waals surface area contributed by atoms with Gasteiger partial charge >= 0.3 is 0 Å². The number of hydrogen-bond donors (Lipinski definition) is 2. The Kier molecular flexibility index (Phi) is 8.65. The van der Waals surface area contributed by atoms with Crippen molar-refractivity contribution in [2.24, 2.45) is 5.92 Å². The first-order chi connectivity index (χ1) is 13.7. The molecular formula is C24H32N2O2S. The van der Waals surface area contributed by atoms with Gasteiger partial charge in [0.15, 0.2) is 5.11 Å². The summed E-state index contributed by atoms with van der Waals surface area (Å²) in [5.74, 6) is 1.08.